The van der Waals surface area contributed by atoms with Crippen molar-refractivity contribution in [2.75, 3.05) is 13.1 Å². The van der Waals surface area contributed by atoms with E-state index in [1.807, 2.05) is 0 Å². The van der Waals surface area contributed by atoms with E-state index in [1.165, 1.54) is 36.0 Å². The van der Waals surface area contributed by atoms with Gasteiger partial charge >= 0.3 is 0 Å². The monoisotopic (exact) mass is 287 g/mol. The van der Waals surface area contributed by atoms with Crippen LogP contribution in [-0.2, 0) is 5.41 Å². The summed E-state index contributed by atoms with van der Waals surface area (Å²) in [7, 11) is 0. The third-order valence-corrected chi connectivity index (χ3v) is 4.24. The smallest absolute Gasteiger partial charge is 0.0175 e. The molecule has 0 amide bonds. The van der Waals surface area contributed by atoms with E-state index in [0.717, 1.165) is 5.92 Å². The molecule has 1 nitrogen and oxygen atoms in total. The minimum absolute atomic E-state index is 0. The maximum absolute atomic E-state index is 3.53. The van der Waals surface area contributed by atoms with Crippen LogP contribution in [0.4, 0.5) is 0 Å². The van der Waals surface area contributed by atoms with Gasteiger partial charge in [0, 0.05) is 16.4 Å². The lowest BCUT2D eigenvalue weighted by Crippen LogP contribution is -2.57. The minimum Gasteiger partial charge on any atom is -0.316 e. The molecule has 0 atom stereocenters. The van der Waals surface area contributed by atoms with Gasteiger partial charge in [-0.2, -0.15) is 0 Å². The first kappa shape index (κ1) is 11.4. The molecule has 1 aromatic rings. The summed E-state index contributed by atoms with van der Waals surface area (Å²) in [5.74, 6) is 0.937. The van der Waals surface area contributed by atoms with Crippen molar-refractivity contribution in [3.63, 3.8) is 0 Å². The van der Waals surface area contributed by atoms with Crippen LogP contribution in [0, 0.1) is 5.92 Å². The highest BCUT2D eigenvalue weighted by atomic mass is 79.9. The third kappa shape index (κ3) is 1.83. The van der Waals surface area contributed by atoms with E-state index < -0.39 is 0 Å². The van der Waals surface area contributed by atoms with Crippen LogP contribution < -0.4 is 5.32 Å². The Labute approximate surface area is 105 Å². The number of hydrogen-bond donors (Lipinski definition) is 1. The van der Waals surface area contributed by atoms with Crippen molar-refractivity contribution in [2.45, 2.75) is 18.3 Å². The van der Waals surface area contributed by atoms with Crippen molar-refractivity contribution >= 4 is 28.3 Å². The quantitative estimate of drug-likeness (QED) is 0.837. The Hall–Kier alpha value is -0.0500. The van der Waals surface area contributed by atoms with Crippen LogP contribution in [0.15, 0.2) is 28.7 Å². The van der Waals surface area contributed by atoms with Gasteiger partial charge in [-0.1, -0.05) is 28.1 Å². The molecule has 3 heteroatoms. The van der Waals surface area contributed by atoms with Gasteiger partial charge in [0.1, 0.15) is 0 Å². The SMILES string of the molecule is Brc1ccc(C23CNCC(C2)C3)cc1.Cl. The van der Waals surface area contributed by atoms with Gasteiger partial charge in [0.05, 0.1) is 0 Å². The number of hydrogen-bond acceptors (Lipinski definition) is 1. The van der Waals surface area contributed by atoms with Gasteiger partial charge in [0.2, 0.25) is 0 Å². The first-order valence-corrected chi connectivity index (χ1v) is 6.05. The molecular weight excluding hydrogens is 273 g/mol. The lowest BCUT2D eigenvalue weighted by molar-refractivity contribution is 0.0901. The molecule has 2 bridgehead atoms. The van der Waals surface area contributed by atoms with Crippen LogP contribution in [0.5, 0.6) is 0 Å². The number of rotatable bonds is 1. The molecule has 0 unspecified atom stereocenters. The molecular formula is C12H15BrClN. The average molecular weight is 289 g/mol. The molecule has 4 rings (SSSR count). The van der Waals surface area contributed by atoms with Crippen molar-refractivity contribution < 1.29 is 0 Å². The van der Waals surface area contributed by atoms with E-state index in [-0.39, 0.29) is 12.4 Å². The van der Waals surface area contributed by atoms with E-state index in [1.54, 1.807) is 0 Å². The van der Waals surface area contributed by atoms with Crippen LogP contribution >= 0.6 is 28.3 Å². The molecule has 0 aromatic heterocycles. The van der Waals surface area contributed by atoms with Crippen molar-refractivity contribution in [3.8, 4) is 0 Å². The zero-order chi connectivity index (χ0) is 9.60. The highest BCUT2D eigenvalue weighted by Crippen LogP contribution is 2.49. The summed E-state index contributed by atoms with van der Waals surface area (Å²) >= 11 is 3.48. The number of fused-ring (bicyclic) bond motifs is 2. The maximum Gasteiger partial charge on any atom is 0.0175 e. The van der Waals surface area contributed by atoms with Gasteiger partial charge in [0.15, 0.2) is 0 Å². The second-order valence-corrected chi connectivity index (χ2v) is 5.61. The van der Waals surface area contributed by atoms with E-state index in [4.69, 9.17) is 0 Å². The fourth-order valence-electron chi connectivity index (χ4n) is 2.99. The van der Waals surface area contributed by atoms with Gasteiger partial charge < -0.3 is 5.32 Å². The average Bonchev–Trinajstić information content (AvgIpc) is 2.18. The summed E-state index contributed by atoms with van der Waals surface area (Å²) in [6, 6.07) is 8.86. The summed E-state index contributed by atoms with van der Waals surface area (Å²) in [5.41, 5.74) is 1.99. The molecule has 82 valence electrons. The number of nitrogens with one attached hydrogen (secondary N) is 1. The molecule has 1 aromatic carbocycles. The molecule has 15 heavy (non-hydrogen) atoms. The number of halogens is 2. The van der Waals surface area contributed by atoms with E-state index in [9.17, 15) is 0 Å². The molecule has 2 heterocycles. The van der Waals surface area contributed by atoms with Crippen molar-refractivity contribution in [3.05, 3.63) is 34.3 Å². The lowest BCUT2D eigenvalue weighted by atomic mass is 9.56. The van der Waals surface area contributed by atoms with Crippen LogP contribution in [0.25, 0.3) is 0 Å². The number of benzene rings is 1. The molecule has 3 fully saturated rings. The van der Waals surface area contributed by atoms with Crippen molar-refractivity contribution in [1.29, 1.82) is 0 Å². The Morgan fingerprint density at radius 1 is 1.20 bits per heavy atom. The van der Waals surface area contributed by atoms with Gasteiger partial charge in [-0.25, -0.2) is 0 Å². The topological polar surface area (TPSA) is 12.0 Å². The Morgan fingerprint density at radius 2 is 1.87 bits per heavy atom. The van der Waals surface area contributed by atoms with Crippen LogP contribution in [0.3, 0.4) is 0 Å². The minimum atomic E-state index is 0. The molecule has 1 aliphatic carbocycles. The Morgan fingerprint density at radius 3 is 2.40 bits per heavy atom. The van der Waals surface area contributed by atoms with E-state index in [2.05, 4.69) is 45.5 Å². The van der Waals surface area contributed by atoms with Crippen LogP contribution in [0.1, 0.15) is 18.4 Å². The highest BCUT2D eigenvalue weighted by molar-refractivity contribution is 9.10. The van der Waals surface area contributed by atoms with Gasteiger partial charge in [-0.15, -0.1) is 12.4 Å². The zero-order valence-electron chi connectivity index (χ0n) is 8.50. The predicted octanol–water partition coefficient (Wildman–Crippen LogP) is 3.12. The van der Waals surface area contributed by atoms with E-state index in [0.29, 0.717) is 5.41 Å². The second kappa shape index (κ2) is 4.08. The summed E-state index contributed by atoms with van der Waals surface area (Å²) in [6.45, 7) is 2.41. The molecule has 1 saturated carbocycles. The Balaban J connectivity index is 0.000000853. The third-order valence-electron chi connectivity index (χ3n) is 3.71. The highest BCUT2D eigenvalue weighted by Gasteiger charge is 2.47. The molecule has 0 spiro atoms. The number of piperidine rings is 2. The Kier molecular flexibility index (Phi) is 3.11. The van der Waals surface area contributed by atoms with Crippen LogP contribution in [0.2, 0.25) is 0 Å². The fraction of sp³-hybridized carbons (Fsp3) is 0.500. The summed E-state index contributed by atoms with van der Waals surface area (Å²) in [6.07, 6.45) is 2.78. The molecule has 3 aliphatic rings. The van der Waals surface area contributed by atoms with Gasteiger partial charge in [0.25, 0.3) is 0 Å². The zero-order valence-corrected chi connectivity index (χ0v) is 10.9. The molecule has 2 saturated heterocycles. The molecule has 0 radical (unpaired) electrons. The maximum atomic E-state index is 3.53. The summed E-state index contributed by atoms with van der Waals surface area (Å²) < 4.78 is 1.18. The lowest BCUT2D eigenvalue weighted by Gasteiger charge is -2.53. The predicted molar refractivity (Wildman–Crippen MR) is 68.7 cm³/mol. The largest absolute Gasteiger partial charge is 0.316 e. The normalized spacial score (nSPS) is 32.7. The molecule has 1 N–H and O–H groups in total. The first-order chi connectivity index (χ1) is 6.78. The van der Waals surface area contributed by atoms with Crippen molar-refractivity contribution in [1.82, 2.24) is 5.32 Å². The summed E-state index contributed by atoms with van der Waals surface area (Å²) in [4.78, 5) is 0. The first-order valence-electron chi connectivity index (χ1n) is 5.25. The van der Waals surface area contributed by atoms with Crippen molar-refractivity contribution in [2.24, 2.45) is 5.92 Å². The Bertz CT molecular complexity index is 338. The van der Waals surface area contributed by atoms with Crippen LogP contribution in [-0.4, -0.2) is 13.1 Å². The molecule has 2 aliphatic heterocycles. The summed E-state index contributed by atoms with van der Waals surface area (Å²) in [5, 5.41) is 3.53. The van der Waals surface area contributed by atoms with Gasteiger partial charge in [-0.3, -0.25) is 0 Å². The van der Waals surface area contributed by atoms with Gasteiger partial charge in [-0.05, 0) is 43.0 Å². The van der Waals surface area contributed by atoms with E-state index >= 15 is 0 Å². The standard InChI is InChI=1S/C12H14BrN.ClH/c13-11-3-1-10(2-4-11)12-5-9(6-12)7-14-8-12;/h1-4,9,14H,5-8H2;1H. The fourth-order valence-corrected chi connectivity index (χ4v) is 3.26. The second-order valence-electron chi connectivity index (χ2n) is 4.69.